The molecule has 6 heteroatoms. The van der Waals surface area contributed by atoms with Gasteiger partial charge in [0.25, 0.3) is 0 Å². The van der Waals surface area contributed by atoms with Gasteiger partial charge in [0.05, 0.1) is 0 Å². The molecule has 0 radical (unpaired) electrons. The maximum absolute atomic E-state index is 13.1. The van der Waals surface area contributed by atoms with Crippen LogP contribution in [0.5, 0.6) is 0 Å². The first-order chi connectivity index (χ1) is 10.0. The monoisotopic (exact) mass is 332 g/mol. The highest BCUT2D eigenvalue weighted by molar-refractivity contribution is 8.01. The second-order valence-electron chi connectivity index (χ2n) is 5.74. The van der Waals surface area contributed by atoms with E-state index in [-0.39, 0.29) is 23.7 Å². The van der Waals surface area contributed by atoms with E-state index < -0.39 is 21.8 Å². The van der Waals surface area contributed by atoms with Gasteiger partial charge < -0.3 is 4.74 Å². The summed E-state index contributed by atoms with van der Waals surface area (Å²) in [5.41, 5.74) is -5.23. The quantitative estimate of drug-likeness (QED) is 0.557. The van der Waals surface area contributed by atoms with Crippen LogP contribution in [-0.2, 0) is 14.3 Å². The number of esters is 1. The minimum absolute atomic E-state index is 0.184. The van der Waals surface area contributed by atoms with Crippen LogP contribution in [-0.4, -0.2) is 17.1 Å². The molecule has 0 aliphatic heterocycles. The van der Waals surface area contributed by atoms with E-state index in [1.165, 1.54) is 18.2 Å². The normalized spacial score (nSPS) is 15.0. The second kappa shape index (κ2) is 6.77. The van der Waals surface area contributed by atoms with E-state index in [1.807, 2.05) is 0 Å². The van der Waals surface area contributed by atoms with Gasteiger partial charge in [0.2, 0.25) is 0 Å². The Morgan fingerprint density at radius 1 is 1.23 bits per heavy atom. The number of carbonyl (C=O) groups excluding carboxylic acids is 1. The van der Waals surface area contributed by atoms with Crippen LogP contribution in [0.2, 0.25) is 0 Å². The van der Waals surface area contributed by atoms with E-state index >= 15 is 0 Å². The second-order valence-corrected chi connectivity index (χ2v) is 7.10. The van der Waals surface area contributed by atoms with Crippen molar-refractivity contribution in [2.75, 3.05) is 0 Å². The number of carbonyl (C=O) groups is 1. The molecule has 1 rings (SSSR count). The largest absolute Gasteiger partial charge is 0.459 e. The van der Waals surface area contributed by atoms with Crippen molar-refractivity contribution in [3.63, 3.8) is 0 Å². The Balaban J connectivity index is 3.39. The Labute approximate surface area is 132 Å². The maximum Gasteiger partial charge on any atom is 0.443 e. The summed E-state index contributed by atoms with van der Waals surface area (Å²) in [6.07, 6.45) is 1.12. The zero-order chi connectivity index (χ0) is 17.0. The van der Waals surface area contributed by atoms with Gasteiger partial charge in [-0.1, -0.05) is 36.4 Å². The third-order valence-electron chi connectivity index (χ3n) is 2.69. The lowest BCUT2D eigenvalue weighted by molar-refractivity contribution is -0.158. The molecule has 0 N–H and O–H groups in total. The van der Waals surface area contributed by atoms with Crippen molar-refractivity contribution < 1.29 is 22.7 Å². The highest BCUT2D eigenvalue weighted by Crippen LogP contribution is 2.50. The van der Waals surface area contributed by atoms with E-state index in [0.29, 0.717) is 0 Å². The minimum atomic E-state index is -4.59. The van der Waals surface area contributed by atoms with Gasteiger partial charge in [0, 0.05) is 0 Å². The third kappa shape index (κ3) is 5.09. The molecule has 0 bridgehead atoms. The lowest BCUT2D eigenvalue weighted by Crippen LogP contribution is -2.40. The molecule has 0 aromatic heterocycles. The summed E-state index contributed by atoms with van der Waals surface area (Å²) in [5, 5.41) is 0. The number of ether oxygens (including phenoxy) is 1. The van der Waals surface area contributed by atoms with Crippen LogP contribution in [0.1, 0.15) is 32.8 Å². The van der Waals surface area contributed by atoms with E-state index in [1.54, 1.807) is 39.0 Å². The predicted octanol–water partition coefficient (Wildman–Crippen LogP) is 5.05. The number of benzene rings is 1. The molecule has 122 valence electrons. The molecule has 0 fully saturated rings. The first-order valence-electron chi connectivity index (χ1n) is 6.67. The first kappa shape index (κ1) is 18.6. The molecule has 0 saturated heterocycles. The van der Waals surface area contributed by atoms with E-state index in [0.717, 1.165) is 0 Å². The van der Waals surface area contributed by atoms with Crippen molar-refractivity contribution in [3.8, 4) is 0 Å². The van der Waals surface area contributed by atoms with Gasteiger partial charge in [-0.2, -0.15) is 13.2 Å². The molecule has 22 heavy (non-hydrogen) atoms. The number of thioether (sulfide) groups is 1. The molecule has 1 atom stereocenters. The lowest BCUT2D eigenvalue weighted by atomic mass is 9.94. The minimum Gasteiger partial charge on any atom is -0.459 e. The number of hydrogen-bond donors (Lipinski definition) is 0. The summed E-state index contributed by atoms with van der Waals surface area (Å²) in [5.74, 6) is -0.923. The van der Waals surface area contributed by atoms with Crippen molar-refractivity contribution in [2.45, 2.75) is 43.0 Å². The molecule has 0 aliphatic carbocycles. The van der Waals surface area contributed by atoms with Gasteiger partial charge in [-0.05, 0) is 44.5 Å². The fraction of sp³-hybridized carbons (Fsp3) is 0.438. The number of rotatable bonds is 5. The van der Waals surface area contributed by atoms with Gasteiger partial charge in [-0.25, -0.2) is 0 Å². The van der Waals surface area contributed by atoms with Crippen molar-refractivity contribution in [3.05, 3.63) is 48.6 Å². The van der Waals surface area contributed by atoms with Crippen molar-refractivity contribution >= 4 is 17.7 Å². The zero-order valence-corrected chi connectivity index (χ0v) is 13.6. The Hall–Kier alpha value is -1.43. The molecule has 0 saturated carbocycles. The summed E-state index contributed by atoms with van der Waals surface area (Å²) in [7, 11) is 0. The summed E-state index contributed by atoms with van der Waals surface area (Å²) in [6.45, 7) is 8.35. The molecule has 0 spiro atoms. The molecule has 1 aromatic rings. The Bertz CT molecular complexity index is 520. The number of halogens is 3. The van der Waals surface area contributed by atoms with Crippen molar-refractivity contribution in [1.29, 1.82) is 0 Å². The van der Waals surface area contributed by atoms with Crippen LogP contribution in [0.3, 0.4) is 0 Å². The van der Waals surface area contributed by atoms with Gasteiger partial charge in [-0.15, -0.1) is 6.58 Å². The molecule has 2 nitrogen and oxygen atoms in total. The lowest BCUT2D eigenvalue weighted by Gasteiger charge is -2.34. The highest BCUT2D eigenvalue weighted by Gasteiger charge is 2.51. The molecule has 1 unspecified atom stereocenters. The van der Waals surface area contributed by atoms with Crippen LogP contribution >= 0.6 is 11.8 Å². The van der Waals surface area contributed by atoms with Crippen LogP contribution in [0, 0.1) is 0 Å². The number of allylic oxidation sites excluding steroid dienone is 1. The van der Waals surface area contributed by atoms with Crippen LogP contribution in [0.25, 0.3) is 0 Å². The summed E-state index contributed by atoms with van der Waals surface area (Å²) in [4.78, 5) is 12.6. The van der Waals surface area contributed by atoms with Crippen LogP contribution in [0.15, 0.2) is 43.0 Å². The average molecular weight is 332 g/mol. The molecule has 0 amide bonds. The van der Waals surface area contributed by atoms with E-state index in [4.69, 9.17) is 4.74 Å². The van der Waals surface area contributed by atoms with Crippen LogP contribution < -0.4 is 0 Å². The average Bonchev–Trinajstić information content (AvgIpc) is 2.35. The van der Waals surface area contributed by atoms with Gasteiger partial charge >= 0.3 is 11.5 Å². The predicted molar refractivity (Wildman–Crippen MR) is 82.4 cm³/mol. The van der Waals surface area contributed by atoms with Gasteiger partial charge in [0.1, 0.15) is 10.3 Å². The molecule has 1 aromatic carbocycles. The molecular weight excluding hydrogens is 313 g/mol. The fourth-order valence-electron chi connectivity index (χ4n) is 1.93. The summed E-state index contributed by atoms with van der Waals surface area (Å²) >= 11 is -0.370. The molecule has 0 heterocycles. The summed E-state index contributed by atoms with van der Waals surface area (Å²) in [6, 6.07) is 7.84. The number of alkyl halides is 3. The topological polar surface area (TPSA) is 26.3 Å². The maximum atomic E-state index is 13.1. The van der Waals surface area contributed by atoms with Crippen molar-refractivity contribution in [2.24, 2.45) is 0 Å². The Kier molecular flexibility index (Phi) is 5.73. The van der Waals surface area contributed by atoms with Crippen molar-refractivity contribution in [1.82, 2.24) is 0 Å². The Morgan fingerprint density at radius 2 is 1.77 bits per heavy atom. The van der Waals surface area contributed by atoms with Gasteiger partial charge in [0.15, 0.2) is 0 Å². The SMILES string of the molecule is C=CCC(SC(F)(F)F)(C(=O)OC(C)(C)C)c1ccccc1. The third-order valence-corrected chi connectivity index (χ3v) is 3.84. The van der Waals surface area contributed by atoms with Crippen LogP contribution in [0.4, 0.5) is 13.2 Å². The fourth-order valence-corrected chi connectivity index (χ4v) is 2.91. The number of hydrogen-bond acceptors (Lipinski definition) is 3. The molecule has 0 aliphatic rings. The zero-order valence-electron chi connectivity index (χ0n) is 12.7. The first-order valence-corrected chi connectivity index (χ1v) is 7.48. The van der Waals surface area contributed by atoms with Gasteiger partial charge in [-0.3, -0.25) is 4.79 Å². The summed E-state index contributed by atoms with van der Waals surface area (Å²) < 4.78 is 42.6. The molecular formula is C16H19F3O2S. The highest BCUT2D eigenvalue weighted by atomic mass is 32.2. The Morgan fingerprint density at radius 3 is 2.18 bits per heavy atom. The standard InChI is InChI=1S/C16H19F3O2S/c1-5-11-15(22-16(17,18)19,12-9-7-6-8-10-12)13(20)21-14(2,3)4/h5-10H,1,11H2,2-4H3. The van der Waals surface area contributed by atoms with E-state index in [2.05, 4.69) is 6.58 Å². The smallest absolute Gasteiger partial charge is 0.443 e. The van der Waals surface area contributed by atoms with E-state index in [9.17, 15) is 18.0 Å².